The van der Waals surface area contributed by atoms with Gasteiger partial charge < -0.3 is 9.80 Å². The van der Waals surface area contributed by atoms with Gasteiger partial charge in [0, 0.05) is 49.9 Å². The van der Waals surface area contributed by atoms with E-state index in [9.17, 15) is 0 Å². The summed E-state index contributed by atoms with van der Waals surface area (Å²) in [5.41, 5.74) is -0.798. The summed E-state index contributed by atoms with van der Waals surface area (Å²) in [6, 6.07) is 3.17. The molecule has 0 aliphatic carbocycles. The molecule has 0 atom stereocenters. The Hall–Kier alpha value is -0.540. The molecule has 0 radical (unpaired) electrons. The molecule has 82 valence electrons. The van der Waals surface area contributed by atoms with Gasteiger partial charge in [-0.1, -0.05) is 15.9 Å². The highest BCUT2D eigenvalue weighted by atomic mass is 79.9. The molecule has 2 rings (SSSR count). The molecular weight excluding hydrogens is 252 g/mol. The van der Waals surface area contributed by atoms with Crippen LogP contribution in [0.2, 0.25) is 0 Å². The Balaban J connectivity index is 2.84. The van der Waals surface area contributed by atoms with E-state index in [0.717, 1.165) is 12.1 Å². The van der Waals surface area contributed by atoms with Crippen LogP contribution in [-0.2, 0) is 0 Å². The van der Waals surface area contributed by atoms with Crippen LogP contribution in [0.15, 0.2) is 22.7 Å². The highest BCUT2D eigenvalue weighted by Crippen LogP contribution is 2.23. The molecule has 1 aromatic rings. The van der Waals surface area contributed by atoms with Crippen LogP contribution in [0.3, 0.4) is 0 Å². The average Bonchev–Trinajstić information content (AvgIpc) is 2.43. The third-order valence-electron chi connectivity index (χ3n) is 1.76. The van der Waals surface area contributed by atoms with E-state index in [4.69, 9.17) is 19.2 Å². The van der Waals surface area contributed by atoms with Crippen LogP contribution in [0.1, 0.15) is 24.8 Å². The second-order valence-corrected chi connectivity index (χ2v) is 3.64. The molecule has 0 unspecified atom stereocenters. The van der Waals surface area contributed by atoms with Crippen LogP contribution in [0, 0.1) is 6.85 Å². The number of piperazine rings is 1. The maximum atomic E-state index is 8.21. The first kappa shape index (κ1) is 3.02. The Kier molecular flexibility index (Phi) is 0.913. The van der Waals surface area contributed by atoms with Crippen LogP contribution in [0.25, 0.3) is 0 Å². The number of benzene rings is 1. The second-order valence-electron chi connectivity index (χ2n) is 2.78. The SMILES string of the molecule is [2H]C([2H])([2H])c1cc(N2C([2H])([2H])C([2H])([2H])N(C([2H])([2H])[2H])C([2H])([2H])C2([2H])[2H])ccc1Br. The zero-order valence-electron chi connectivity index (χ0n) is 21.5. The first-order chi connectivity index (χ1) is 12.6. The van der Waals surface area contributed by atoms with Crippen LogP contribution < -0.4 is 4.90 Å². The Bertz CT molecular complexity index is 771. The zero-order valence-corrected chi connectivity index (χ0v) is 9.09. The molecule has 0 aromatic heterocycles. The number of hydrogen-bond donors (Lipinski definition) is 0. The van der Waals surface area contributed by atoms with Crippen LogP contribution in [0.5, 0.6) is 0 Å². The van der Waals surface area contributed by atoms with Crippen molar-refractivity contribution in [1.29, 1.82) is 0 Å². The van der Waals surface area contributed by atoms with Gasteiger partial charge in [0.25, 0.3) is 0 Å². The van der Waals surface area contributed by atoms with Crippen molar-refractivity contribution in [3.63, 3.8) is 0 Å². The van der Waals surface area contributed by atoms with E-state index in [1.165, 1.54) is 6.07 Å². The van der Waals surface area contributed by atoms with E-state index >= 15 is 0 Å². The van der Waals surface area contributed by atoms with E-state index in [1.54, 1.807) is 0 Å². The fourth-order valence-electron chi connectivity index (χ4n) is 1.04. The first-order valence-corrected chi connectivity index (χ1v) is 4.81. The number of likely N-dealkylation sites (N-methyl/N-ethyl adjacent to an activating group) is 1. The van der Waals surface area contributed by atoms with Crippen molar-refractivity contribution in [2.75, 3.05) is 37.9 Å². The molecule has 0 saturated carbocycles. The number of anilines is 1. The quantitative estimate of drug-likeness (QED) is 0.781. The Morgan fingerprint density at radius 3 is 2.80 bits per heavy atom. The molecule has 3 heteroatoms. The minimum absolute atomic E-state index is 0.106. The lowest BCUT2D eigenvalue weighted by atomic mass is 10.2. The molecule has 1 heterocycles. The highest BCUT2D eigenvalue weighted by molar-refractivity contribution is 9.10. The largest absolute Gasteiger partial charge is 0.369 e. The van der Waals surface area contributed by atoms with E-state index in [1.807, 2.05) is 0 Å². The van der Waals surface area contributed by atoms with Gasteiger partial charge in [-0.2, -0.15) is 0 Å². The summed E-state index contributed by atoms with van der Waals surface area (Å²) in [6.07, 6.45) is 0. The summed E-state index contributed by atoms with van der Waals surface area (Å²) in [4.78, 5) is -0.322. The minimum Gasteiger partial charge on any atom is -0.369 e. The van der Waals surface area contributed by atoms with Crippen LogP contribution >= 0.6 is 15.9 Å². The lowest BCUT2D eigenvalue weighted by molar-refractivity contribution is 0.313. The van der Waals surface area contributed by atoms with Crippen molar-refractivity contribution in [2.45, 2.75) is 6.85 Å². The molecule has 1 fully saturated rings. The van der Waals surface area contributed by atoms with E-state index in [-0.39, 0.29) is 14.9 Å². The predicted octanol–water partition coefficient (Wildman–Crippen LogP) is 2.51. The average molecular weight is 283 g/mol. The van der Waals surface area contributed by atoms with Gasteiger partial charge in [0.05, 0.1) is 5.48 Å². The number of nitrogens with zero attached hydrogens (tertiary/aromatic N) is 2. The molecule has 15 heavy (non-hydrogen) atoms. The van der Waals surface area contributed by atoms with Crippen molar-refractivity contribution in [2.24, 2.45) is 0 Å². The molecule has 2 nitrogen and oxygen atoms in total. The van der Waals surface area contributed by atoms with Crippen LogP contribution in [0.4, 0.5) is 5.69 Å². The normalized spacial score (nSPS) is 47.1. The third-order valence-corrected chi connectivity index (χ3v) is 2.45. The molecule has 1 aliphatic rings. The number of rotatable bonds is 1. The summed E-state index contributed by atoms with van der Waals surface area (Å²) in [5.74, 6) is 0. The van der Waals surface area contributed by atoms with Gasteiger partial charge in [-0.3, -0.25) is 0 Å². The highest BCUT2D eigenvalue weighted by Gasteiger charge is 2.14. The van der Waals surface area contributed by atoms with Gasteiger partial charge in [0.2, 0.25) is 0 Å². The molecule has 1 saturated heterocycles. The fourth-order valence-corrected chi connectivity index (χ4v) is 1.28. The Morgan fingerprint density at radius 1 is 1.33 bits per heavy atom. The number of aryl methyl sites for hydroxylation is 1. The van der Waals surface area contributed by atoms with Crippen LogP contribution in [-0.4, -0.2) is 37.9 Å². The Labute approximate surface area is 120 Å². The molecule has 0 amide bonds. The topological polar surface area (TPSA) is 6.48 Å². The van der Waals surface area contributed by atoms with Gasteiger partial charge in [0.15, 0.2) is 0 Å². The smallest absolute Gasteiger partial charge is 0.0506 e. The van der Waals surface area contributed by atoms with Gasteiger partial charge in [-0.25, -0.2) is 0 Å². The van der Waals surface area contributed by atoms with E-state index in [0.29, 0.717) is 0 Å². The lowest BCUT2D eigenvalue weighted by Gasteiger charge is -2.34. The van der Waals surface area contributed by atoms with Crippen molar-refractivity contribution in [1.82, 2.24) is 4.90 Å². The standard InChI is InChI=1S/C12H17BrN2/c1-10-9-11(3-4-12(10)13)15-7-5-14(2)6-8-15/h3-4,9H,5-8H2,1-2H3/i1D3,2D3,5D2,6D2,7D2,8D2. The van der Waals surface area contributed by atoms with Crippen molar-refractivity contribution >= 4 is 21.6 Å². The summed E-state index contributed by atoms with van der Waals surface area (Å²) < 4.78 is 110. The third kappa shape index (κ3) is 2.52. The monoisotopic (exact) mass is 282 g/mol. The summed E-state index contributed by atoms with van der Waals surface area (Å²) >= 11 is 3.03. The van der Waals surface area contributed by atoms with E-state index < -0.39 is 50.4 Å². The van der Waals surface area contributed by atoms with Gasteiger partial charge >= 0.3 is 0 Å². The van der Waals surface area contributed by atoms with Gasteiger partial charge in [-0.15, -0.1) is 0 Å². The lowest BCUT2D eigenvalue weighted by Crippen LogP contribution is -2.44. The summed E-state index contributed by atoms with van der Waals surface area (Å²) in [5, 5.41) is 0. The second kappa shape index (κ2) is 4.54. The first-order valence-electron chi connectivity index (χ1n) is 11.0. The van der Waals surface area contributed by atoms with Crippen molar-refractivity contribution in [3.05, 3.63) is 28.2 Å². The van der Waals surface area contributed by atoms with Gasteiger partial charge in [-0.05, 0) is 37.6 Å². The summed E-state index contributed by atoms with van der Waals surface area (Å²) in [6.45, 7) is -20.1. The summed E-state index contributed by atoms with van der Waals surface area (Å²) in [7, 11) is 0. The number of halogens is 1. The van der Waals surface area contributed by atoms with E-state index in [2.05, 4.69) is 15.9 Å². The number of hydrogen-bond acceptors (Lipinski definition) is 2. The fraction of sp³-hybridized carbons (Fsp3) is 0.500. The molecule has 0 bridgehead atoms. The molecule has 1 aliphatic heterocycles. The van der Waals surface area contributed by atoms with Gasteiger partial charge in [0.1, 0.15) is 0 Å². The molecular formula is C12H17BrN2. The Morgan fingerprint density at radius 2 is 2.13 bits per heavy atom. The molecule has 0 spiro atoms. The minimum atomic E-state index is -3.53. The van der Waals surface area contributed by atoms with Crippen molar-refractivity contribution < 1.29 is 19.2 Å². The predicted molar refractivity (Wildman–Crippen MR) is 68.6 cm³/mol. The molecule has 1 aromatic carbocycles. The maximum absolute atomic E-state index is 8.21. The zero-order chi connectivity index (χ0) is 23.0. The molecule has 0 N–H and O–H groups in total. The maximum Gasteiger partial charge on any atom is 0.0506 e. The van der Waals surface area contributed by atoms with Crippen molar-refractivity contribution in [3.8, 4) is 0 Å².